The Balaban J connectivity index is 1.50. The molecule has 1 aliphatic heterocycles. The first-order valence-electron chi connectivity index (χ1n) is 11.6. The molecule has 2 atom stereocenters. The van der Waals surface area contributed by atoms with Crippen LogP contribution < -0.4 is 10.5 Å². The molecule has 0 radical (unpaired) electrons. The van der Waals surface area contributed by atoms with Crippen molar-refractivity contribution < 1.29 is 9.53 Å². The number of anilines is 1. The van der Waals surface area contributed by atoms with Crippen molar-refractivity contribution in [2.75, 3.05) is 18.6 Å². The van der Waals surface area contributed by atoms with Crippen molar-refractivity contribution in [1.29, 1.82) is 0 Å². The third-order valence-corrected chi connectivity index (χ3v) is 8.90. The first kappa shape index (κ1) is 22.6. The minimum atomic E-state index is -0.369. The third-order valence-electron chi connectivity index (χ3n) is 6.63. The van der Waals surface area contributed by atoms with Crippen LogP contribution in [0.3, 0.4) is 0 Å². The Morgan fingerprint density at radius 2 is 2.09 bits per heavy atom. The summed E-state index contributed by atoms with van der Waals surface area (Å²) in [5.41, 5.74) is 3.39. The van der Waals surface area contributed by atoms with Gasteiger partial charge in [-0.05, 0) is 63.1 Å². The molecule has 2 aliphatic rings. The number of aromatic nitrogens is 2. The molecule has 0 fully saturated rings. The van der Waals surface area contributed by atoms with Crippen LogP contribution in [0.25, 0.3) is 10.2 Å². The summed E-state index contributed by atoms with van der Waals surface area (Å²) in [6.07, 6.45) is 5.12. The molecule has 33 heavy (non-hydrogen) atoms. The lowest BCUT2D eigenvalue weighted by Crippen LogP contribution is -2.40. The Hall–Kier alpha value is -2.16. The van der Waals surface area contributed by atoms with Gasteiger partial charge in [-0.15, -0.1) is 11.3 Å². The number of amides is 1. The molecule has 174 valence electrons. The van der Waals surface area contributed by atoms with E-state index in [2.05, 4.69) is 13.0 Å². The van der Waals surface area contributed by atoms with E-state index in [1.54, 1.807) is 23.0 Å². The van der Waals surface area contributed by atoms with Crippen molar-refractivity contribution in [3.05, 3.63) is 50.6 Å². The second kappa shape index (κ2) is 9.24. The van der Waals surface area contributed by atoms with Gasteiger partial charge in [0.2, 0.25) is 5.91 Å². The zero-order chi connectivity index (χ0) is 23.1. The summed E-state index contributed by atoms with van der Waals surface area (Å²) in [7, 11) is 1.63. The molecule has 0 bridgehead atoms. The van der Waals surface area contributed by atoms with Crippen LogP contribution in [0.15, 0.2) is 34.2 Å². The topological polar surface area (TPSA) is 64.4 Å². The fourth-order valence-electron chi connectivity index (χ4n) is 5.00. The molecule has 1 aliphatic carbocycles. The third kappa shape index (κ3) is 4.02. The molecule has 0 saturated carbocycles. The van der Waals surface area contributed by atoms with Gasteiger partial charge in [0, 0.05) is 23.7 Å². The van der Waals surface area contributed by atoms with Gasteiger partial charge >= 0.3 is 0 Å². The Labute approximate surface area is 202 Å². The van der Waals surface area contributed by atoms with Gasteiger partial charge in [-0.25, -0.2) is 4.98 Å². The fraction of sp³-hybridized carbons (Fsp3) is 0.480. The highest BCUT2D eigenvalue weighted by Crippen LogP contribution is 2.37. The van der Waals surface area contributed by atoms with Crippen LogP contribution in [0.4, 0.5) is 5.69 Å². The van der Waals surface area contributed by atoms with E-state index in [-0.39, 0.29) is 22.8 Å². The minimum absolute atomic E-state index is 0.00140. The van der Waals surface area contributed by atoms with Gasteiger partial charge < -0.3 is 9.64 Å². The molecule has 8 heteroatoms. The van der Waals surface area contributed by atoms with Gasteiger partial charge in [-0.1, -0.05) is 30.0 Å². The molecule has 0 spiro atoms. The zero-order valence-corrected chi connectivity index (χ0v) is 20.9. The molecule has 2 aromatic heterocycles. The lowest BCUT2D eigenvalue weighted by molar-refractivity contribution is -0.118. The zero-order valence-electron chi connectivity index (χ0n) is 19.3. The molecular weight excluding hydrogens is 454 g/mol. The first-order valence-corrected chi connectivity index (χ1v) is 13.3. The van der Waals surface area contributed by atoms with Crippen LogP contribution in [0.1, 0.15) is 42.7 Å². The van der Waals surface area contributed by atoms with Gasteiger partial charge in [0.1, 0.15) is 4.83 Å². The van der Waals surface area contributed by atoms with E-state index in [0.717, 1.165) is 41.6 Å². The van der Waals surface area contributed by atoms with Gasteiger partial charge in [0.05, 0.1) is 23.8 Å². The van der Waals surface area contributed by atoms with Gasteiger partial charge in [-0.3, -0.25) is 14.2 Å². The number of ether oxygens (including phenoxy) is 1. The van der Waals surface area contributed by atoms with Gasteiger partial charge in [-0.2, -0.15) is 0 Å². The number of carbonyl (C=O) groups excluding carboxylic acids is 1. The number of nitrogens with zero attached hydrogens (tertiary/aromatic N) is 3. The van der Waals surface area contributed by atoms with Gasteiger partial charge in [0.25, 0.3) is 5.56 Å². The summed E-state index contributed by atoms with van der Waals surface area (Å²) in [5.74, 6) is 0.0514. The van der Waals surface area contributed by atoms with Crippen LogP contribution in [0.2, 0.25) is 0 Å². The normalized spacial score (nSPS) is 18.4. The summed E-state index contributed by atoms with van der Waals surface area (Å²) in [5, 5.41) is 1.01. The van der Waals surface area contributed by atoms with E-state index in [0.29, 0.717) is 18.3 Å². The molecule has 1 amide bonds. The SMILES string of the molecule is COCCn1c(S[C@H](C)C(=O)N2c3ccccc3C[C@@H]2C)nc2sc3c(c2c1=O)CCCC3. The summed E-state index contributed by atoms with van der Waals surface area (Å²) in [6, 6.07) is 8.22. The number of benzene rings is 1. The van der Waals surface area contributed by atoms with E-state index in [9.17, 15) is 9.59 Å². The summed E-state index contributed by atoms with van der Waals surface area (Å²) < 4.78 is 6.99. The van der Waals surface area contributed by atoms with E-state index in [1.807, 2.05) is 30.0 Å². The second-order valence-electron chi connectivity index (χ2n) is 8.89. The van der Waals surface area contributed by atoms with Crippen molar-refractivity contribution in [3.63, 3.8) is 0 Å². The van der Waals surface area contributed by atoms with E-state index in [4.69, 9.17) is 9.72 Å². The predicted octanol–water partition coefficient (Wildman–Crippen LogP) is 4.44. The number of fused-ring (bicyclic) bond motifs is 4. The largest absolute Gasteiger partial charge is 0.383 e. The molecule has 6 nitrogen and oxygen atoms in total. The monoisotopic (exact) mass is 483 g/mol. The number of thiophene rings is 1. The quantitative estimate of drug-likeness (QED) is 0.383. The van der Waals surface area contributed by atoms with E-state index < -0.39 is 0 Å². The predicted molar refractivity (Wildman–Crippen MR) is 135 cm³/mol. The lowest BCUT2D eigenvalue weighted by atomic mass is 9.97. The Kier molecular flexibility index (Phi) is 6.33. The fourth-order valence-corrected chi connectivity index (χ4v) is 7.28. The van der Waals surface area contributed by atoms with Crippen molar-refractivity contribution in [2.24, 2.45) is 0 Å². The Bertz CT molecular complexity index is 1270. The maximum Gasteiger partial charge on any atom is 0.263 e. The number of thioether (sulfide) groups is 1. The molecule has 5 rings (SSSR count). The highest BCUT2D eigenvalue weighted by atomic mass is 32.2. The number of rotatable bonds is 6. The number of para-hydroxylation sites is 1. The van der Waals surface area contributed by atoms with Crippen LogP contribution in [0, 0.1) is 0 Å². The van der Waals surface area contributed by atoms with Crippen molar-refractivity contribution in [1.82, 2.24) is 9.55 Å². The Morgan fingerprint density at radius 1 is 1.30 bits per heavy atom. The molecular formula is C25H29N3O3S2. The lowest BCUT2D eigenvalue weighted by Gasteiger charge is -2.26. The Morgan fingerprint density at radius 3 is 2.91 bits per heavy atom. The highest BCUT2D eigenvalue weighted by molar-refractivity contribution is 8.00. The van der Waals surface area contributed by atoms with Crippen LogP contribution >= 0.6 is 23.1 Å². The average Bonchev–Trinajstić information content (AvgIpc) is 3.34. The smallest absolute Gasteiger partial charge is 0.263 e. The molecule has 0 saturated heterocycles. The van der Waals surface area contributed by atoms with Crippen LogP contribution in [0.5, 0.6) is 0 Å². The number of hydrogen-bond donors (Lipinski definition) is 0. The van der Waals surface area contributed by atoms with E-state index in [1.165, 1.54) is 34.2 Å². The standard InChI is InChI=1S/C25H29N3O3S2/c1-15-14-17-8-4-6-10-19(17)28(15)23(29)16(2)32-25-26-22-21(24(30)27(25)12-13-31-3)18-9-5-7-11-20(18)33-22/h4,6,8,10,15-16H,5,7,9,11-14H2,1-3H3/t15-,16+/m0/s1. The highest BCUT2D eigenvalue weighted by Gasteiger charge is 2.34. The molecule has 0 N–H and O–H groups in total. The minimum Gasteiger partial charge on any atom is -0.383 e. The second-order valence-corrected chi connectivity index (χ2v) is 11.3. The van der Waals surface area contributed by atoms with Crippen molar-refractivity contribution in [2.45, 2.75) is 68.9 Å². The van der Waals surface area contributed by atoms with E-state index >= 15 is 0 Å². The number of methoxy groups -OCH3 is 1. The average molecular weight is 484 g/mol. The maximum atomic E-state index is 13.6. The van der Waals surface area contributed by atoms with Crippen LogP contribution in [-0.4, -0.2) is 40.5 Å². The van der Waals surface area contributed by atoms with Crippen molar-refractivity contribution in [3.8, 4) is 0 Å². The molecule has 1 aromatic carbocycles. The number of carbonyl (C=O) groups is 1. The first-order chi connectivity index (χ1) is 16.0. The maximum absolute atomic E-state index is 13.6. The molecule has 3 aromatic rings. The summed E-state index contributed by atoms with van der Waals surface area (Å²) >= 11 is 3.03. The summed E-state index contributed by atoms with van der Waals surface area (Å²) in [6.45, 7) is 4.85. The number of hydrogen-bond acceptors (Lipinski definition) is 6. The van der Waals surface area contributed by atoms with Crippen LogP contribution in [-0.2, 0) is 35.3 Å². The van der Waals surface area contributed by atoms with Crippen molar-refractivity contribution >= 4 is 44.9 Å². The molecule has 0 unspecified atom stereocenters. The molecule has 3 heterocycles. The summed E-state index contributed by atoms with van der Waals surface area (Å²) in [4.78, 5) is 36.0. The number of aryl methyl sites for hydroxylation is 2. The van der Waals surface area contributed by atoms with Gasteiger partial charge in [0.15, 0.2) is 5.16 Å².